The van der Waals surface area contributed by atoms with Gasteiger partial charge < -0.3 is 5.32 Å². The summed E-state index contributed by atoms with van der Waals surface area (Å²) in [6.07, 6.45) is 3.13. The number of nitrogens with one attached hydrogen (secondary N) is 2. The van der Waals surface area contributed by atoms with Crippen LogP contribution in [-0.4, -0.2) is 11.0 Å². The van der Waals surface area contributed by atoms with E-state index in [4.69, 9.17) is 17.5 Å². The summed E-state index contributed by atoms with van der Waals surface area (Å²) in [5, 5.41) is 16.4. The molecule has 1 aromatic heterocycles. The number of anilines is 1. The number of hydrogen-bond acceptors (Lipinski definition) is 4. The van der Waals surface area contributed by atoms with Gasteiger partial charge in [-0.15, -0.1) is 11.3 Å². The Hall–Kier alpha value is -2.49. The molecule has 0 aliphatic carbocycles. The summed E-state index contributed by atoms with van der Waals surface area (Å²) in [5.41, 5.74) is 1.02. The SMILES string of the molecule is N#Cc1ccccc1NC(=S)NC(=O)/C=C/c1cccs1. The topological polar surface area (TPSA) is 64.9 Å². The number of para-hydroxylation sites is 1. The molecule has 0 fully saturated rings. The van der Waals surface area contributed by atoms with E-state index in [1.807, 2.05) is 17.5 Å². The summed E-state index contributed by atoms with van der Waals surface area (Å²) in [6.45, 7) is 0. The molecule has 1 aromatic carbocycles. The van der Waals surface area contributed by atoms with Gasteiger partial charge in [0.05, 0.1) is 11.3 Å². The maximum atomic E-state index is 11.7. The van der Waals surface area contributed by atoms with Crippen molar-refractivity contribution in [3.8, 4) is 6.07 Å². The molecule has 0 aliphatic rings. The van der Waals surface area contributed by atoms with Crippen molar-refractivity contribution in [1.82, 2.24) is 5.32 Å². The molecular formula is C15H11N3OS2. The highest BCUT2D eigenvalue weighted by atomic mass is 32.1. The van der Waals surface area contributed by atoms with Gasteiger partial charge in [-0.05, 0) is 41.9 Å². The van der Waals surface area contributed by atoms with E-state index in [0.29, 0.717) is 11.3 Å². The fourth-order valence-electron chi connectivity index (χ4n) is 1.54. The van der Waals surface area contributed by atoms with Crippen molar-refractivity contribution in [2.75, 3.05) is 5.32 Å². The van der Waals surface area contributed by atoms with Gasteiger partial charge >= 0.3 is 0 Å². The van der Waals surface area contributed by atoms with E-state index >= 15 is 0 Å². The molecule has 0 unspecified atom stereocenters. The monoisotopic (exact) mass is 313 g/mol. The molecule has 1 heterocycles. The number of nitriles is 1. The van der Waals surface area contributed by atoms with Gasteiger partial charge in [-0.3, -0.25) is 10.1 Å². The molecule has 21 heavy (non-hydrogen) atoms. The number of rotatable bonds is 3. The summed E-state index contributed by atoms with van der Waals surface area (Å²) in [4.78, 5) is 12.7. The first-order valence-corrected chi connectivity index (χ1v) is 7.30. The second-order valence-corrected chi connectivity index (χ2v) is 5.34. The minimum Gasteiger partial charge on any atom is -0.331 e. The second-order valence-electron chi connectivity index (χ2n) is 3.95. The molecule has 0 radical (unpaired) electrons. The fraction of sp³-hybridized carbons (Fsp3) is 0. The average molecular weight is 313 g/mol. The van der Waals surface area contributed by atoms with Crippen molar-refractivity contribution in [2.45, 2.75) is 0 Å². The molecule has 1 amide bonds. The van der Waals surface area contributed by atoms with Crippen LogP contribution in [0.1, 0.15) is 10.4 Å². The van der Waals surface area contributed by atoms with Crippen molar-refractivity contribution in [1.29, 1.82) is 5.26 Å². The zero-order valence-corrected chi connectivity index (χ0v) is 12.5. The molecular weight excluding hydrogens is 302 g/mol. The van der Waals surface area contributed by atoms with Gasteiger partial charge in [0.15, 0.2) is 5.11 Å². The molecule has 0 atom stereocenters. The fourth-order valence-corrected chi connectivity index (χ4v) is 2.37. The standard InChI is InChI=1S/C15H11N3OS2/c16-10-11-4-1-2-6-13(11)17-15(20)18-14(19)8-7-12-5-3-9-21-12/h1-9H,(H2,17,18,19,20)/b8-7+. The van der Waals surface area contributed by atoms with Gasteiger partial charge in [-0.25, -0.2) is 0 Å². The van der Waals surface area contributed by atoms with Gasteiger partial charge in [-0.2, -0.15) is 5.26 Å². The lowest BCUT2D eigenvalue weighted by Gasteiger charge is -2.09. The molecule has 2 aromatic rings. The van der Waals surface area contributed by atoms with Gasteiger partial charge in [-0.1, -0.05) is 18.2 Å². The van der Waals surface area contributed by atoms with E-state index < -0.39 is 0 Å². The molecule has 2 rings (SSSR count). The lowest BCUT2D eigenvalue weighted by atomic mass is 10.2. The van der Waals surface area contributed by atoms with Crippen molar-refractivity contribution in [2.24, 2.45) is 0 Å². The lowest BCUT2D eigenvalue weighted by Crippen LogP contribution is -2.33. The molecule has 0 bridgehead atoms. The van der Waals surface area contributed by atoms with Gasteiger partial charge in [0, 0.05) is 11.0 Å². The van der Waals surface area contributed by atoms with E-state index in [9.17, 15) is 4.79 Å². The molecule has 0 aliphatic heterocycles. The third kappa shape index (κ3) is 4.53. The predicted octanol–water partition coefficient (Wildman–Crippen LogP) is 3.15. The number of thiocarbonyl (C=S) groups is 1. The summed E-state index contributed by atoms with van der Waals surface area (Å²) in [5.74, 6) is -0.324. The van der Waals surface area contributed by atoms with Crippen LogP contribution in [0.2, 0.25) is 0 Å². The summed E-state index contributed by atoms with van der Waals surface area (Å²) in [7, 11) is 0. The first-order chi connectivity index (χ1) is 10.2. The van der Waals surface area contributed by atoms with Crippen LogP contribution in [0.4, 0.5) is 5.69 Å². The Balaban J connectivity index is 1.93. The molecule has 4 nitrogen and oxygen atoms in total. The van der Waals surface area contributed by atoms with Gasteiger partial charge in [0.25, 0.3) is 0 Å². The Labute approximate surface area is 131 Å². The maximum Gasteiger partial charge on any atom is 0.250 e. The van der Waals surface area contributed by atoms with Crippen molar-refractivity contribution in [3.05, 3.63) is 58.3 Å². The maximum absolute atomic E-state index is 11.7. The highest BCUT2D eigenvalue weighted by Gasteiger charge is 2.05. The molecule has 104 valence electrons. The average Bonchev–Trinajstić information content (AvgIpc) is 2.99. The van der Waals surface area contributed by atoms with Crippen LogP contribution < -0.4 is 10.6 Å². The van der Waals surface area contributed by atoms with E-state index in [2.05, 4.69) is 16.7 Å². The quantitative estimate of drug-likeness (QED) is 0.675. The third-order valence-electron chi connectivity index (χ3n) is 2.47. The first-order valence-electron chi connectivity index (χ1n) is 6.02. The Morgan fingerprint density at radius 2 is 2.10 bits per heavy atom. The highest BCUT2D eigenvalue weighted by molar-refractivity contribution is 7.80. The molecule has 0 saturated carbocycles. The smallest absolute Gasteiger partial charge is 0.250 e. The van der Waals surface area contributed by atoms with Crippen LogP contribution in [-0.2, 0) is 4.79 Å². The summed E-state index contributed by atoms with van der Waals surface area (Å²) >= 11 is 6.59. The molecule has 2 N–H and O–H groups in total. The Morgan fingerprint density at radius 1 is 1.29 bits per heavy atom. The van der Waals surface area contributed by atoms with Gasteiger partial charge in [0.2, 0.25) is 5.91 Å². The zero-order valence-electron chi connectivity index (χ0n) is 10.9. The molecule has 6 heteroatoms. The Kier molecular flexibility index (Phi) is 5.21. The van der Waals surface area contributed by atoms with Crippen LogP contribution in [0.25, 0.3) is 6.08 Å². The van der Waals surface area contributed by atoms with E-state index in [1.54, 1.807) is 41.7 Å². The number of nitrogens with zero attached hydrogens (tertiary/aromatic N) is 1. The summed E-state index contributed by atoms with van der Waals surface area (Å²) in [6, 6.07) is 12.8. The van der Waals surface area contributed by atoms with E-state index in [1.165, 1.54) is 6.08 Å². The van der Waals surface area contributed by atoms with E-state index in [0.717, 1.165) is 4.88 Å². The number of carbonyl (C=O) groups is 1. The third-order valence-corrected chi connectivity index (χ3v) is 3.52. The minimum atomic E-state index is -0.324. The number of hydrogen-bond donors (Lipinski definition) is 2. The predicted molar refractivity (Wildman–Crippen MR) is 88.9 cm³/mol. The van der Waals surface area contributed by atoms with Crippen LogP contribution in [0.15, 0.2) is 47.9 Å². The molecule has 0 saturated heterocycles. The number of amides is 1. The lowest BCUT2D eigenvalue weighted by molar-refractivity contribution is -0.115. The number of carbonyl (C=O) groups excluding carboxylic acids is 1. The molecule has 0 spiro atoms. The van der Waals surface area contributed by atoms with Crippen molar-refractivity contribution >= 4 is 46.3 Å². The number of benzene rings is 1. The second kappa shape index (κ2) is 7.33. The number of thiophene rings is 1. The largest absolute Gasteiger partial charge is 0.331 e. The normalized spacial score (nSPS) is 10.0. The van der Waals surface area contributed by atoms with Crippen molar-refractivity contribution < 1.29 is 4.79 Å². The van der Waals surface area contributed by atoms with Crippen LogP contribution >= 0.6 is 23.6 Å². The summed E-state index contributed by atoms with van der Waals surface area (Å²) < 4.78 is 0. The highest BCUT2D eigenvalue weighted by Crippen LogP contribution is 2.13. The van der Waals surface area contributed by atoms with Crippen LogP contribution in [0.3, 0.4) is 0 Å². The van der Waals surface area contributed by atoms with Crippen LogP contribution in [0, 0.1) is 11.3 Å². The van der Waals surface area contributed by atoms with Crippen LogP contribution in [0.5, 0.6) is 0 Å². The zero-order chi connectivity index (χ0) is 15.1. The Morgan fingerprint density at radius 3 is 2.81 bits per heavy atom. The minimum absolute atomic E-state index is 0.151. The van der Waals surface area contributed by atoms with Gasteiger partial charge in [0.1, 0.15) is 6.07 Å². The first kappa shape index (κ1) is 14.9. The van der Waals surface area contributed by atoms with E-state index in [-0.39, 0.29) is 11.0 Å². The Bertz CT molecular complexity index is 715. The van der Waals surface area contributed by atoms with Crippen molar-refractivity contribution in [3.63, 3.8) is 0 Å².